The number of aromatic nitrogens is 2. The smallest absolute Gasteiger partial charge is 0.312 e. The summed E-state index contributed by atoms with van der Waals surface area (Å²) in [5.74, 6) is -0.0879. The summed E-state index contributed by atoms with van der Waals surface area (Å²) < 4.78 is 10.2. The summed E-state index contributed by atoms with van der Waals surface area (Å²) >= 11 is 1.13. The fourth-order valence-electron chi connectivity index (χ4n) is 1.72. The van der Waals surface area contributed by atoms with Crippen molar-refractivity contribution in [3.8, 4) is 5.75 Å². The Balaban J connectivity index is 1.81. The molecule has 1 aromatic heterocycles. The van der Waals surface area contributed by atoms with Gasteiger partial charge in [-0.25, -0.2) is 0 Å². The molecule has 0 saturated carbocycles. The number of anilines is 1. The largest absolute Gasteiger partial charge is 0.484 e. The highest BCUT2D eigenvalue weighted by molar-refractivity contribution is 7.15. The Morgan fingerprint density at radius 2 is 2.13 bits per heavy atom. The van der Waals surface area contributed by atoms with Crippen molar-refractivity contribution in [1.29, 1.82) is 0 Å². The lowest BCUT2D eigenvalue weighted by Crippen LogP contribution is -2.20. The first-order valence-electron chi connectivity index (χ1n) is 7.04. The highest BCUT2D eigenvalue weighted by atomic mass is 32.1. The molecule has 8 heteroatoms. The molecule has 0 radical (unpaired) electrons. The molecular weight excluding hydrogens is 318 g/mol. The van der Waals surface area contributed by atoms with E-state index in [0.29, 0.717) is 22.5 Å². The number of esters is 1. The maximum atomic E-state index is 11.8. The summed E-state index contributed by atoms with van der Waals surface area (Å²) in [6.45, 7) is 3.87. The fourth-order valence-corrected chi connectivity index (χ4v) is 2.46. The van der Waals surface area contributed by atoms with Crippen LogP contribution >= 0.6 is 11.3 Å². The average molecular weight is 335 g/mol. The fraction of sp³-hybridized carbons (Fsp3) is 0.333. The summed E-state index contributed by atoms with van der Waals surface area (Å²) in [5.41, 5.74) is 1.05. The number of benzene rings is 1. The molecule has 0 spiro atoms. The van der Waals surface area contributed by atoms with Crippen LogP contribution in [0.2, 0.25) is 0 Å². The summed E-state index contributed by atoms with van der Waals surface area (Å²) in [5, 5.41) is 11.0. The third-order valence-corrected chi connectivity index (χ3v) is 3.51. The van der Waals surface area contributed by atoms with E-state index in [9.17, 15) is 9.59 Å². The summed E-state index contributed by atoms with van der Waals surface area (Å²) in [6, 6.07) is 7.42. The maximum Gasteiger partial charge on any atom is 0.312 e. The topological polar surface area (TPSA) is 90.4 Å². The van der Waals surface area contributed by atoms with Gasteiger partial charge in [-0.2, -0.15) is 0 Å². The van der Waals surface area contributed by atoms with Crippen LogP contribution in [0, 0.1) is 6.92 Å². The van der Waals surface area contributed by atoms with Gasteiger partial charge in [-0.15, -0.1) is 10.2 Å². The van der Waals surface area contributed by atoms with Crippen LogP contribution in [-0.4, -0.2) is 35.3 Å². The van der Waals surface area contributed by atoms with Crippen molar-refractivity contribution >= 4 is 28.3 Å². The lowest BCUT2D eigenvalue weighted by Gasteiger charge is -2.05. The molecule has 122 valence electrons. The predicted molar refractivity (Wildman–Crippen MR) is 85.5 cm³/mol. The zero-order valence-corrected chi connectivity index (χ0v) is 13.7. The van der Waals surface area contributed by atoms with E-state index < -0.39 is 0 Å². The van der Waals surface area contributed by atoms with E-state index in [1.54, 1.807) is 13.0 Å². The van der Waals surface area contributed by atoms with Gasteiger partial charge in [0.1, 0.15) is 10.8 Å². The minimum atomic E-state index is -0.371. The highest BCUT2D eigenvalue weighted by Crippen LogP contribution is 2.16. The van der Waals surface area contributed by atoms with Crippen molar-refractivity contribution in [3.05, 3.63) is 34.8 Å². The van der Waals surface area contributed by atoms with Crippen LogP contribution in [0.4, 0.5) is 5.13 Å². The molecule has 0 unspecified atom stereocenters. The first kappa shape index (κ1) is 16.9. The van der Waals surface area contributed by atoms with E-state index in [0.717, 1.165) is 16.9 Å². The van der Waals surface area contributed by atoms with Crippen molar-refractivity contribution in [1.82, 2.24) is 10.2 Å². The molecule has 1 aromatic carbocycles. The van der Waals surface area contributed by atoms with Crippen LogP contribution in [-0.2, 0) is 20.7 Å². The van der Waals surface area contributed by atoms with Crippen LogP contribution in [0.3, 0.4) is 0 Å². The Morgan fingerprint density at radius 1 is 1.30 bits per heavy atom. The number of ether oxygens (including phenoxy) is 2. The molecule has 0 saturated heterocycles. The minimum Gasteiger partial charge on any atom is -0.484 e. The molecule has 0 atom stereocenters. The quantitative estimate of drug-likeness (QED) is 0.778. The first-order chi connectivity index (χ1) is 11.1. The van der Waals surface area contributed by atoms with Gasteiger partial charge in [0.2, 0.25) is 5.13 Å². The second-order valence-corrected chi connectivity index (χ2v) is 5.70. The Morgan fingerprint density at radius 3 is 2.87 bits per heavy atom. The number of hydrogen-bond acceptors (Lipinski definition) is 7. The third kappa shape index (κ3) is 5.67. The summed E-state index contributed by atoms with van der Waals surface area (Å²) in [6.07, 6.45) is 0.0428. The van der Waals surface area contributed by atoms with Crippen molar-refractivity contribution in [2.45, 2.75) is 20.3 Å². The van der Waals surface area contributed by atoms with Crippen LogP contribution < -0.4 is 10.1 Å². The lowest BCUT2D eigenvalue weighted by atomic mass is 10.2. The van der Waals surface area contributed by atoms with Gasteiger partial charge in [0.15, 0.2) is 6.61 Å². The number of rotatable bonds is 7. The van der Waals surface area contributed by atoms with Crippen molar-refractivity contribution in [3.63, 3.8) is 0 Å². The van der Waals surface area contributed by atoms with E-state index in [4.69, 9.17) is 9.47 Å². The molecule has 0 aliphatic heterocycles. The molecule has 7 nitrogen and oxygen atoms in total. The van der Waals surface area contributed by atoms with Gasteiger partial charge in [-0.3, -0.25) is 14.9 Å². The van der Waals surface area contributed by atoms with Gasteiger partial charge in [0, 0.05) is 0 Å². The summed E-state index contributed by atoms with van der Waals surface area (Å²) in [7, 11) is 0. The molecular formula is C15H17N3O4S. The molecule has 0 aliphatic carbocycles. The third-order valence-electron chi connectivity index (χ3n) is 2.67. The number of nitrogens with one attached hydrogen (secondary N) is 1. The number of nitrogens with zero attached hydrogens (tertiary/aromatic N) is 2. The van der Waals surface area contributed by atoms with Crippen LogP contribution in [0.15, 0.2) is 24.3 Å². The molecule has 23 heavy (non-hydrogen) atoms. The molecule has 2 aromatic rings. The van der Waals surface area contributed by atoms with E-state index in [2.05, 4.69) is 15.5 Å². The van der Waals surface area contributed by atoms with Crippen LogP contribution in [0.1, 0.15) is 17.5 Å². The summed E-state index contributed by atoms with van der Waals surface area (Å²) in [4.78, 5) is 23.2. The number of amides is 1. The zero-order chi connectivity index (χ0) is 16.7. The van der Waals surface area contributed by atoms with E-state index >= 15 is 0 Å². The van der Waals surface area contributed by atoms with Gasteiger partial charge >= 0.3 is 5.97 Å². The van der Waals surface area contributed by atoms with Gasteiger partial charge in [-0.05, 0) is 31.5 Å². The number of aryl methyl sites for hydroxylation is 1. The zero-order valence-electron chi connectivity index (χ0n) is 12.9. The second kappa shape index (κ2) is 8.23. The molecule has 0 bridgehead atoms. The molecule has 1 N–H and O–H groups in total. The Hall–Kier alpha value is -2.48. The monoisotopic (exact) mass is 335 g/mol. The van der Waals surface area contributed by atoms with Gasteiger partial charge in [0.05, 0.1) is 13.0 Å². The second-order valence-electron chi connectivity index (χ2n) is 4.64. The number of carbonyl (C=O) groups is 2. The number of hydrogen-bond donors (Lipinski definition) is 1. The van der Waals surface area contributed by atoms with Gasteiger partial charge in [0.25, 0.3) is 5.91 Å². The van der Waals surface area contributed by atoms with Crippen molar-refractivity contribution < 1.29 is 19.1 Å². The molecule has 2 rings (SSSR count). The first-order valence-corrected chi connectivity index (χ1v) is 7.85. The Bertz CT molecular complexity index is 687. The van der Waals surface area contributed by atoms with Gasteiger partial charge < -0.3 is 9.47 Å². The predicted octanol–water partition coefficient (Wildman–Crippen LogP) is 1.97. The molecule has 0 aliphatic rings. The molecule has 0 fully saturated rings. The van der Waals surface area contributed by atoms with Gasteiger partial charge in [-0.1, -0.05) is 23.5 Å². The molecule has 1 heterocycles. The average Bonchev–Trinajstić information content (AvgIpc) is 2.92. The van der Waals surface area contributed by atoms with Crippen molar-refractivity contribution in [2.75, 3.05) is 18.5 Å². The standard InChI is InChI=1S/C15H17N3O4S/c1-3-21-14(20)8-13-17-18-15(23-13)16-12(19)9-22-11-6-4-5-10(2)7-11/h4-7H,3,8-9H2,1-2H3,(H,16,18,19). The normalized spacial score (nSPS) is 10.2. The highest BCUT2D eigenvalue weighted by Gasteiger charge is 2.12. The Kier molecular flexibility index (Phi) is 6.04. The van der Waals surface area contributed by atoms with E-state index in [1.165, 1.54) is 0 Å². The molecule has 1 amide bonds. The number of carbonyl (C=O) groups excluding carboxylic acids is 2. The minimum absolute atomic E-state index is 0.0428. The maximum absolute atomic E-state index is 11.8. The van der Waals surface area contributed by atoms with E-state index in [1.807, 2.05) is 25.1 Å². The Labute approximate surface area is 137 Å². The van der Waals surface area contributed by atoms with Crippen molar-refractivity contribution in [2.24, 2.45) is 0 Å². The van der Waals surface area contributed by atoms with E-state index in [-0.39, 0.29) is 24.9 Å². The van der Waals surface area contributed by atoms with Crippen LogP contribution in [0.25, 0.3) is 0 Å². The SMILES string of the molecule is CCOC(=O)Cc1nnc(NC(=O)COc2cccc(C)c2)s1. The lowest BCUT2D eigenvalue weighted by molar-refractivity contribution is -0.142. The van der Waals surface area contributed by atoms with Crippen LogP contribution in [0.5, 0.6) is 5.75 Å².